The molecule has 1 heterocycles. The van der Waals surface area contributed by atoms with Crippen LogP contribution in [-0.2, 0) is 11.3 Å². The number of carbonyl (C=O) groups excluding carboxylic acids is 1. The van der Waals surface area contributed by atoms with Gasteiger partial charge in [0, 0.05) is 32.7 Å². The standard InChI is InChI=1S/C19H22FN3O/c20-17-8-6-16(7-9-17)18(19(21)24)23-12-10-22(11-13-23)14-15-4-2-1-3-5-15/h1-9,18H,10-14H2,(H2,21,24)/t18-/m0/s1. The van der Waals surface area contributed by atoms with E-state index >= 15 is 0 Å². The fraction of sp³-hybridized carbons (Fsp3) is 0.316. The van der Waals surface area contributed by atoms with Gasteiger partial charge in [-0.1, -0.05) is 42.5 Å². The highest BCUT2D eigenvalue weighted by molar-refractivity contribution is 5.81. The molecule has 0 spiro atoms. The van der Waals surface area contributed by atoms with E-state index in [0.717, 1.165) is 38.3 Å². The molecule has 2 N–H and O–H groups in total. The first-order valence-electron chi connectivity index (χ1n) is 8.18. The molecule has 0 aromatic heterocycles. The van der Waals surface area contributed by atoms with Crippen LogP contribution in [0.5, 0.6) is 0 Å². The van der Waals surface area contributed by atoms with Crippen molar-refractivity contribution in [3.05, 3.63) is 71.5 Å². The Morgan fingerprint density at radius 1 is 1.00 bits per heavy atom. The quantitative estimate of drug-likeness (QED) is 0.916. The summed E-state index contributed by atoms with van der Waals surface area (Å²) in [5, 5.41) is 0. The third kappa shape index (κ3) is 3.99. The molecule has 5 heteroatoms. The summed E-state index contributed by atoms with van der Waals surface area (Å²) in [7, 11) is 0. The fourth-order valence-electron chi connectivity index (χ4n) is 3.22. The van der Waals surface area contributed by atoms with Gasteiger partial charge in [-0.3, -0.25) is 14.6 Å². The summed E-state index contributed by atoms with van der Waals surface area (Å²) in [6.07, 6.45) is 0. The Bertz CT molecular complexity index is 667. The van der Waals surface area contributed by atoms with Gasteiger partial charge in [-0.05, 0) is 23.3 Å². The van der Waals surface area contributed by atoms with Crippen LogP contribution in [0.25, 0.3) is 0 Å². The molecule has 0 bridgehead atoms. The van der Waals surface area contributed by atoms with Gasteiger partial charge < -0.3 is 5.73 Å². The number of nitrogens with two attached hydrogens (primary N) is 1. The number of primary amides is 1. The molecule has 1 aliphatic heterocycles. The van der Waals surface area contributed by atoms with Gasteiger partial charge >= 0.3 is 0 Å². The number of hydrogen-bond donors (Lipinski definition) is 1. The minimum absolute atomic E-state index is 0.311. The zero-order chi connectivity index (χ0) is 16.9. The van der Waals surface area contributed by atoms with Gasteiger partial charge in [0.2, 0.25) is 5.91 Å². The number of carbonyl (C=O) groups is 1. The van der Waals surface area contributed by atoms with Crippen LogP contribution >= 0.6 is 0 Å². The fourth-order valence-corrected chi connectivity index (χ4v) is 3.22. The first kappa shape index (κ1) is 16.6. The van der Waals surface area contributed by atoms with E-state index in [1.54, 1.807) is 12.1 Å². The molecule has 1 fully saturated rings. The molecule has 0 aliphatic carbocycles. The first-order valence-corrected chi connectivity index (χ1v) is 8.18. The first-order chi connectivity index (χ1) is 11.6. The molecule has 1 atom stereocenters. The monoisotopic (exact) mass is 327 g/mol. The molecule has 4 nitrogen and oxygen atoms in total. The molecule has 126 valence electrons. The number of nitrogens with zero attached hydrogens (tertiary/aromatic N) is 2. The number of benzene rings is 2. The predicted molar refractivity (Wildman–Crippen MR) is 91.6 cm³/mol. The molecule has 2 aromatic carbocycles. The van der Waals surface area contributed by atoms with E-state index in [1.165, 1.54) is 17.7 Å². The Kier molecular flexibility index (Phi) is 5.23. The number of rotatable bonds is 5. The van der Waals surface area contributed by atoms with E-state index in [1.807, 2.05) is 18.2 Å². The van der Waals surface area contributed by atoms with Crippen molar-refractivity contribution >= 4 is 5.91 Å². The summed E-state index contributed by atoms with van der Waals surface area (Å²) in [5.41, 5.74) is 7.65. The molecule has 0 saturated carbocycles. The Balaban J connectivity index is 1.63. The van der Waals surface area contributed by atoms with E-state index < -0.39 is 11.9 Å². The Morgan fingerprint density at radius 3 is 2.21 bits per heavy atom. The molecule has 0 unspecified atom stereocenters. The third-order valence-corrected chi connectivity index (χ3v) is 4.48. The van der Waals surface area contributed by atoms with Crippen molar-refractivity contribution in [1.82, 2.24) is 9.80 Å². The van der Waals surface area contributed by atoms with Crippen molar-refractivity contribution in [2.75, 3.05) is 26.2 Å². The van der Waals surface area contributed by atoms with Crippen LogP contribution in [-0.4, -0.2) is 41.9 Å². The van der Waals surface area contributed by atoms with Gasteiger partial charge in [0.25, 0.3) is 0 Å². The van der Waals surface area contributed by atoms with Crippen molar-refractivity contribution in [3.8, 4) is 0 Å². The van der Waals surface area contributed by atoms with Crippen LogP contribution in [0.3, 0.4) is 0 Å². The lowest BCUT2D eigenvalue weighted by atomic mass is 10.0. The summed E-state index contributed by atoms with van der Waals surface area (Å²) in [4.78, 5) is 16.4. The average Bonchev–Trinajstić information content (AvgIpc) is 2.59. The van der Waals surface area contributed by atoms with Crippen LogP contribution in [0, 0.1) is 5.82 Å². The molecule has 24 heavy (non-hydrogen) atoms. The third-order valence-electron chi connectivity index (χ3n) is 4.48. The summed E-state index contributed by atoms with van der Waals surface area (Å²) in [6, 6.07) is 15.9. The molecular formula is C19H22FN3O. The normalized spacial score (nSPS) is 17.5. The predicted octanol–water partition coefficient (Wildman–Crippen LogP) is 2.17. The second-order valence-corrected chi connectivity index (χ2v) is 6.15. The van der Waals surface area contributed by atoms with Crippen molar-refractivity contribution in [2.45, 2.75) is 12.6 Å². The minimum Gasteiger partial charge on any atom is -0.368 e. The highest BCUT2D eigenvalue weighted by Gasteiger charge is 2.28. The molecule has 1 aliphatic rings. The van der Waals surface area contributed by atoms with Crippen LogP contribution in [0.1, 0.15) is 17.2 Å². The summed E-state index contributed by atoms with van der Waals surface area (Å²) in [5.74, 6) is -0.701. The Morgan fingerprint density at radius 2 is 1.62 bits per heavy atom. The van der Waals surface area contributed by atoms with Crippen molar-refractivity contribution in [2.24, 2.45) is 5.73 Å². The van der Waals surface area contributed by atoms with Gasteiger partial charge in [-0.2, -0.15) is 0 Å². The molecule has 1 amide bonds. The lowest BCUT2D eigenvalue weighted by Crippen LogP contribution is -2.49. The van der Waals surface area contributed by atoms with Gasteiger partial charge in [0.05, 0.1) is 0 Å². The average molecular weight is 327 g/mol. The van der Waals surface area contributed by atoms with Crippen molar-refractivity contribution in [1.29, 1.82) is 0 Å². The summed E-state index contributed by atoms with van der Waals surface area (Å²) >= 11 is 0. The topological polar surface area (TPSA) is 49.6 Å². The summed E-state index contributed by atoms with van der Waals surface area (Å²) < 4.78 is 13.1. The molecule has 3 rings (SSSR count). The Labute approximate surface area is 141 Å². The second-order valence-electron chi connectivity index (χ2n) is 6.15. The number of amides is 1. The van der Waals surface area contributed by atoms with E-state index in [-0.39, 0.29) is 5.82 Å². The molecule has 0 radical (unpaired) electrons. The van der Waals surface area contributed by atoms with Crippen LogP contribution in [0.4, 0.5) is 4.39 Å². The number of piperazine rings is 1. The Hall–Kier alpha value is -2.24. The van der Waals surface area contributed by atoms with E-state index in [9.17, 15) is 9.18 Å². The zero-order valence-electron chi connectivity index (χ0n) is 13.6. The second kappa shape index (κ2) is 7.55. The van der Waals surface area contributed by atoms with Crippen molar-refractivity contribution < 1.29 is 9.18 Å². The van der Waals surface area contributed by atoms with Crippen LogP contribution < -0.4 is 5.73 Å². The minimum atomic E-state index is -0.496. The maximum atomic E-state index is 13.1. The lowest BCUT2D eigenvalue weighted by Gasteiger charge is -2.38. The largest absolute Gasteiger partial charge is 0.368 e. The van der Waals surface area contributed by atoms with Gasteiger partial charge in [-0.15, -0.1) is 0 Å². The van der Waals surface area contributed by atoms with Crippen LogP contribution in [0.2, 0.25) is 0 Å². The zero-order valence-corrected chi connectivity index (χ0v) is 13.6. The maximum Gasteiger partial charge on any atom is 0.239 e. The van der Waals surface area contributed by atoms with Crippen molar-refractivity contribution in [3.63, 3.8) is 0 Å². The molecule has 1 saturated heterocycles. The summed E-state index contributed by atoms with van der Waals surface area (Å²) in [6.45, 7) is 4.18. The highest BCUT2D eigenvalue weighted by Crippen LogP contribution is 2.23. The van der Waals surface area contributed by atoms with Crippen LogP contribution in [0.15, 0.2) is 54.6 Å². The van der Waals surface area contributed by atoms with E-state index in [2.05, 4.69) is 21.9 Å². The lowest BCUT2D eigenvalue weighted by molar-refractivity contribution is -0.124. The van der Waals surface area contributed by atoms with E-state index in [4.69, 9.17) is 5.73 Å². The van der Waals surface area contributed by atoms with Gasteiger partial charge in [0.1, 0.15) is 11.9 Å². The smallest absolute Gasteiger partial charge is 0.239 e. The number of hydrogen-bond acceptors (Lipinski definition) is 3. The molecular weight excluding hydrogens is 305 g/mol. The highest BCUT2D eigenvalue weighted by atomic mass is 19.1. The van der Waals surface area contributed by atoms with Gasteiger partial charge in [0.15, 0.2) is 0 Å². The number of halogens is 1. The maximum absolute atomic E-state index is 13.1. The van der Waals surface area contributed by atoms with Gasteiger partial charge in [-0.25, -0.2) is 4.39 Å². The van der Waals surface area contributed by atoms with E-state index in [0.29, 0.717) is 0 Å². The SMILES string of the molecule is NC(=O)[C@H](c1ccc(F)cc1)N1CCN(Cc2ccccc2)CC1. The molecule has 2 aromatic rings.